The number of carbonyl (C=O) groups excluding carboxylic acids is 1. The van der Waals surface area contributed by atoms with Crippen LogP contribution in [0.2, 0.25) is 0 Å². The van der Waals surface area contributed by atoms with E-state index in [0.717, 1.165) is 34.3 Å². The summed E-state index contributed by atoms with van der Waals surface area (Å²) in [6, 6.07) is 13.5. The molecule has 1 amide bonds. The van der Waals surface area contributed by atoms with Gasteiger partial charge in [0.15, 0.2) is 16.0 Å². The average molecular weight is 451 g/mol. The Bertz CT molecular complexity index is 1290. The first-order chi connectivity index (χ1) is 15.0. The molecular weight excluding hydrogens is 432 g/mol. The summed E-state index contributed by atoms with van der Waals surface area (Å²) in [6.45, 7) is 2.99. The van der Waals surface area contributed by atoms with Crippen LogP contribution in [0, 0.1) is 6.92 Å². The number of nitrogens with one attached hydrogen (secondary N) is 1. The Labute approximate surface area is 186 Å². The molecule has 4 aromatic rings. The number of carboxylic acid groups (broad SMARTS) is 1. The number of rotatable bonds is 4. The molecule has 2 aromatic carbocycles. The summed E-state index contributed by atoms with van der Waals surface area (Å²) in [5.41, 5.74) is 3.62. The third-order valence-electron chi connectivity index (χ3n) is 5.29. The topological polar surface area (TPSA) is 95.4 Å². The van der Waals surface area contributed by atoms with E-state index in [1.54, 1.807) is 6.92 Å². The molecule has 0 bridgehead atoms. The lowest BCUT2D eigenvalue weighted by molar-refractivity contribution is 0.0690. The molecule has 156 valence electrons. The van der Waals surface area contributed by atoms with E-state index in [1.165, 1.54) is 22.7 Å². The summed E-state index contributed by atoms with van der Waals surface area (Å²) in [5.74, 6) is -1.22. The van der Waals surface area contributed by atoms with Gasteiger partial charge in [0.25, 0.3) is 5.91 Å². The van der Waals surface area contributed by atoms with Gasteiger partial charge in [-0.1, -0.05) is 35.6 Å². The van der Waals surface area contributed by atoms with E-state index in [4.69, 9.17) is 0 Å². The lowest BCUT2D eigenvalue weighted by Gasteiger charge is -2.29. The fraction of sp³-hybridized carbons (Fsp3) is 0.182. The summed E-state index contributed by atoms with van der Waals surface area (Å²) in [5, 5.41) is 13.5. The Hall–Kier alpha value is -3.30. The molecule has 0 aliphatic carbocycles. The van der Waals surface area contributed by atoms with Crippen molar-refractivity contribution >= 4 is 55.0 Å². The van der Waals surface area contributed by atoms with E-state index >= 15 is 0 Å². The van der Waals surface area contributed by atoms with Crippen LogP contribution < -0.4 is 10.2 Å². The van der Waals surface area contributed by atoms with Gasteiger partial charge in [0.1, 0.15) is 0 Å². The van der Waals surface area contributed by atoms with E-state index in [1.807, 2.05) is 47.4 Å². The second-order valence-electron chi connectivity index (χ2n) is 7.26. The Balaban J connectivity index is 1.42. The summed E-state index contributed by atoms with van der Waals surface area (Å²) < 4.78 is 1.02. The second kappa shape index (κ2) is 7.75. The fourth-order valence-corrected chi connectivity index (χ4v) is 5.55. The molecule has 0 fully saturated rings. The molecule has 31 heavy (non-hydrogen) atoms. The van der Waals surface area contributed by atoms with Crippen LogP contribution in [0.25, 0.3) is 10.2 Å². The molecule has 0 saturated heterocycles. The molecule has 0 atom stereocenters. The zero-order chi connectivity index (χ0) is 21.5. The number of carbonyl (C=O) groups is 2. The summed E-state index contributed by atoms with van der Waals surface area (Å²) in [6.07, 6.45) is 0.763. The number of benzene rings is 2. The van der Waals surface area contributed by atoms with Crippen LogP contribution >= 0.6 is 22.7 Å². The number of anilines is 2. The quantitative estimate of drug-likeness (QED) is 0.473. The molecule has 7 nitrogen and oxygen atoms in total. The average Bonchev–Trinajstić information content (AvgIpc) is 3.35. The van der Waals surface area contributed by atoms with E-state index in [2.05, 4.69) is 15.3 Å². The monoisotopic (exact) mass is 450 g/mol. The van der Waals surface area contributed by atoms with Crippen molar-refractivity contribution in [1.29, 1.82) is 0 Å². The van der Waals surface area contributed by atoms with Crippen molar-refractivity contribution in [2.75, 3.05) is 16.8 Å². The number of hydrogen-bond donors (Lipinski definition) is 2. The SMILES string of the molecule is Cc1sc(N2CCc3cccc(C(=O)Nc4nc5ccccc5s4)c3C2)nc1C(=O)O. The third-order valence-corrected chi connectivity index (χ3v) is 7.27. The zero-order valence-corrected chi connectivity index (χ0v) is 18.2. The summed E-state index contributed by atoms with van der Waals surface area (Å²) in [4.78, 5) is 36.0. The van der Waals surface area contributed by atoms with Crippen molar-refractivity contribution in [3.05, 3.63) is 69.7 Å². The zero-order valence-electron chi connectivity index (χ0n) is 16.6. The van der Waals surface area contributed by atoms with Gasteiger partial charge in [-0.25, -0.2) is 14.8 Å². The summed E-state index contributed by atoms with van der Waals surface area (Å²) in [7, 11) is 0. The molecular formula is C22H18N4O3S2. The van der Waals surface area contributed by atoms with Gasteiger partial charge < -0.3 is 10.0 Å². The number of aromatic carboxylic acids is 1. The highest BCUT2D eigenvalue weighted by molar-refractivity contribution is 7.22. The molecule has 1 aliphatic rings. The van der Waals surface area contributed by atoms with Gasteiger partial charge in [0.2, 0.25) is 0 Å². The van der Waals surface area contributed by atoms with Gasteiger partial charge in [-0.15, -0.1) is 11.3 Å². The van der Waals surface area contributed by atoms with Crippen molar-refractivity contribution in [1.82, 2.24) is 9.97 Å². The lowest BCUT2D eigenvalue weighted by Crippen LogP contribution is -2.32. The smallest absolute Gasteiger partial charge is 0.355 e. The second-order valence-corrected chi connectivity index (χ2v) is 9.47. The third kappa shape index (κ3) is 3.66. The minimum Gasteiger partial charge on any atom is -0.476 e. The van der Waals surface area contributed by atoms with Gasteiger partial charge in [-0.2, -0.15) is 0 Å². The van der Waals surface area contributed by atoms with Crippen molar-refractivity contribution in [3.8, 4) is 0 Å². The van der Waals surface area contributed by atoms with Gasteiger partial charge in [0.05, 0.1) is 10.2 Å². The van der Waals surface area contributed by atoms with Crippen molar-refractivity contribution in [2.45, 2.75) is 19.9 Å². The van der Waals surface area contributed by atoms with Gasteiger partial charge in [0, 0.05) is 23.5 Å². The first kappa shape index (κ1) is 19.7. The molecule has 0 unspecified atom stereocenters. The Morgan fingerprint density at radius 1 is 1.10 bits per heavy atom. The highest BCUT2D eigenvalue weighted by Crippen LogP contribution is 2.32. The number of thiazole rings is 2. The number of aryl methyl sites for hydroxylation is 1. The highest BCUT2D eigenvalue weighted by atomic mass is 32.1. The van der Waals surface area contributed by atoms with Crippen LogP contribution in [-0.2, 0) is 13.0 Å². The van der Waals surface area contributed by atoms with Crippen molar-refractivity contribution in [2.24, 2.45) is 0 Å². The number of carboxylic acids is 1. The molecule has 9 heteroatoms. The number of para-hydroxylation sites is 1. The summed E-state index contributed by atoms with van der Waals surface area (Å²) >= 11 is 2.81. The van der Waals surface area contributed by atoms with Crippen LogP contribution in [0.3, 0.4) is 0 Å². The molecule has 0 spiro atoms. The minimum atomic E-state index is -1.02. The van der Waals surface area contributed by atoms with Crippen LogP contribution in [0.4, 0.5) is 10.3 Å². The van der Waals surface area contributed by atoms with E-state index < -0.39 is 5.97 Å². The number of hydrogen-bond acceptors (Lipinski definition) is 7. The van der Waals surface area contributed by atoms with Crippen molar-refractivity contribution < 1.29 is 14.7 Å². The maximum Gasteiger partial charge on any atom is 0.355 e. The number of aromatic nitrogens is 2. The van der Waals surface area contributed by atoms with Crippen LogP contribution in [0.15, 0.2) is 42.5 Å². The van der Waals surface area contributed by atoms with Crippen LogP contribution in [-0.4, -0.2) is 33.5 Å². The van der Waals surface area contributed by atoms with Gasteiger partial charge >= 0.3 is 5.97 Å². The predicted octanol–water partition coefficient (Wildman–Crippen LogP) is 4.57. The molecule has 0 radical (unpaired) electrons. The normalized spacial score (nSPS) is 13.3. The highest BCUT2D eigenvalue weighted by Gasteiger charge is 2.25. The van der Waals surface area contributed by atoms with Gasteiger partial charge in [-0.05, 0) is 42.7 Å². The van der Waals surface area contributed by atoms with Gasteiger partial charge in [-0.3, -0.25) is 10.1 Å². The van der Waals surface area contributed by atoms with Crippen LogP contribution in [0.1, 0.15) is 36.9 Å². The molecule has 0 saturated carbocycles. The first-order valence-corrected chi connectivity index (χ1v) is 11.4. The Morgan fingerprint density at radius 2 is 1.94 bits per heavy atom. The molecule has 3 heterocycles. The number of nitrogens with zero attached hydrogens (tertiary/aromatic N) is 3. The van der Waals surface area contributed by atoms with Crippen LogP contribution in [0.5, 0.6) is 0 Å². The maximum absolute atomic E-state index is 13.1. The van der Waals surface area contributed by atoms with Crippen molar-refractivity contribution in [3.63, 3.8) is 0 Å². The maximum atomic E-state index is 13.1. The largest absolute Gasteiger partial charge is 0.476 e. The molecule has 2 N–H and O–H groups in total. The number of fused-ring (bicyclic) bond motifs is 2. The Morgan fingerprint density at radius 3 is 2.71 bits per heavy atom. The van der Waals surface area contributed by atoms with E-state index in [0.29, 0.717) is 27.2 Å². The first-order valence-electron chi connectivity index (χ1n) is 9.73. The Kier molecular flexibility index (Phi) is 4.91. The van der Waals surface area contributed by atoms with E-state index in [-0.39, 0.29) is 11.6 Å². The minimum absolute atomic E-state index is 0.0904. The molecule has 2 aromatic heterocycles. The molecule has 5 rings (SSSR count). The standard InChI is InChI=1S/C22H18N4O3S2/c1-12-18(20(28)29)24-22(30-12)26-10-9-13-5-4-6-14(15(13)11-26)19(27)25-21-23-16-7-2-3-8-17(16)31-21/h2-8H,9-11H2,1H3,(H,28,29)(H,23,25,27). The molecule has 1 aliphatic heterocycles. The lowest BCUT2D eigenvalue weighted by atomic mass is 9.94. The van der Waals surface area contributed by atoms with E-state index in [9.17, 15) is 14.7 Å². The fourth-order valence-electron chi connectivity index (χ4n) is 3.76. The number of amides is 1. The predicted molar refractivity (Wildman–Crippen MR) is 123 cm³/mol.